The van der Waals surface area contributed by atoms with Crippen molar-refractivity contribution in [2.45, 2.75) is 12.5 Å². The summed E-state index contributed by atoms with van der Waals surface area (Å²) in [5.41, 5.74) is 5.33. The van der Waals surface area contributed by atoms with Gasteiger partial charge >= 0.3 is 1.43 Å². The molecule has 0 aromatic carbocycles. The molecule has 0 aromatic rings. The maximum atomic E-state index is 10.6. The second-order valence-corrected chi connectivity index (χ2v) is 4.39. The Balaban J connectivity index is 0. The Labute approximate surface area is 62.4 Å². The number of nitrogens with two attached hydrogens (primary N) is 1. The summed E-state index contributed by atoms with van der Waals surface area (Å²) in [5, 5.41) is 0. The molecule has 0 radical (unpaired) electrons. The Kier molecular flexibility index (Phi) is 2.92. The minimum Gasteiger partial charge on any atom is -1.00 e. The predicted molar refractivity (Wildman–Crippen MR) is 32.4 cm³/mol. The summed E-state index contributed by atoms with van der Waals surface area (Å²) in [4.78, 5) is 0. The largest absolute Gasteiger partial charge is 1.00 e. The zero-order valence-electron chi connectivity index (χ0n) is 5.88. The van der Waals surface area contributed by atoms with E-state index in [4.69, 9.17) is 5.73 Å². The van der Waals surface area contributed by atoms with Gasteiger partial charge in [-0.3, -0.25) is 0 Å². The van der Waals surface area contributed by atoms with Crippen molar-refractivity contribution in [2.24, 2.45) is 5.73 Å². The molecule has 1 heterocycles. The fourth-order valence-corrected chi connectivity index (χ4v) is 2.47. The van der Waals surface area contributed by atoms with Crippen LogP contribution in [0.25, 0.3) is 0 Å². The highest BCUT2D eigenvalue weighted by molar-refractivity contribution is 7.91. The maximum Gasteiger partial charge on any atom is 1.00 e. The van der Waals surface area contributed by atoms with Gasteiger partial charge in [0.25, 0.3) is 0 Å². The molecule has 1 aliphatic heterocycles. The van der Waals surface area contributed by atoms with Gasteiger partial charge in [-0.1, -0.05) is 0 Å². The van der Waals surface area contributed by atoms with Crippen molar-refractivity contribution in [3.05, 3.63) is 0 Å². The molecular formula is C4H10ClNO2S. The highest BCUT2D eigenvalue weighted by atomic mass is 35.5. The van der Waals surface area contributed by atoms with Gasteiger partial charge in [-0.2, -0.15) is 0 Å². The highest BCUT2D eigenvalue weighted by Crippen LogP contribution is 2.07. The van der Waals surface area contributed by atoms with E-state index in [1.807, 2.05) is 0 Å². The van der Waals surface area contributed by atoms with Crippen molar-refractivity contribution in [3.8, 4) is 0 Å². The van der Waals surface area contributed by atoms with Gasteiger partial charge in [0.15, 0.2) is 9.84 Å². The number of hydrogen-bond acceptors (Lipinski definition) is 3. The number of rotatable bonds is 0. The van der Waals surface area contributed by atoms with Gasteiger partial charge in [-0.05, 0) is 6.42 Å². The lowest BCUT2D eigenvalue weighted by Crippen LogP contribution is -3.00. The molecule has 0 aliphatic carbocycles. The van der Waals surface area contributed by atoms with Crippen molar-refractivity contribution in [3.63, 3.8) is 0 Å². The second kappa shape index (κ2) is 2.86. The summed E-state index contributed by atoms with van der Waals surface area (Å²) in [7, 11) is -2.72. The number of halogens is 1. The molecule has 56 valence electrons. The van der Waals surface area contributed by atoms with E-state index in [1.54, 1.807) is 0 Å². The van der Waals surface area contributed by atoms with Crippen LogP contribution in [0.3, 0.4) is 0 Å². The standard InChI is InChI=1S/C4H9NO2S.ClH/c5-4-1-2-8(6,7)3-4;/h4H,1-3,5H2;1H/t4-;/m1./s1. The van der Waals surface area contributed by atoms with Crippen molar-refractivity contribution >= 4 is 9.84 Å². The molecule has 1 aliphatic rings. The quantitative estimate of drug-likeness (QED) is 0.408. The minimum absolute atomic E-state index is 0. The number of hydrogen-bond donors (Lipinski definition) is 1. The zero-order valence-corrected chi connectivity index (χ0v) is 6.45. The fraction of sp³-hybridized carbons (Fsp3) is 1.00. The third kappa shape index (κ3) is 2.51. The molecule has 0 bridgehead atoms. The molecule has 1 atom stereocenters. The van der Waals surface area contributed by atoms with E-state index in [0.717, 1.165) is 0 Å². The third-order valence-corrected chi connectivity index (χ3v) is 3.06. The molecule has 5 heteroatoms. The Morgan fingerprint density at radius 1 is 1.56 bits per heavy atom. The summed E-state index contributed by atoms with van der Waals surface area (Å²) in [5.74, 6) is 0.473. The average molecular weight is 172 g/mol. The Hall–Kier alpha value is 0.200. The monoisotopic (exact) mass is 171 g/mol. The molecule has 9 heavy (non-hydrogen) atoms. The van der Waals surface area contributed by atoms with E-state index in [0.29, 0.717) is 6.42 Å². The lowest BCUT2D eigenvalue weighted by molar-refractivity contribution is -0.00000432. The van der Waals surface area contributed by atoms with Crippen LogP contribution in [0, 0.1) is 0 Å². The van der Waals surface area contributed by atoms with Gasteiger partial charge in [0.2, 0.25) is 0 Å². The van der Waals surface area contributed by atoms with E-state index in [9.17, 15) is 8.42 Å². The summed E-state index contributed by atoms with van der Waals surface area (Å²) in [6.45, 7) is 0. The highest BCUT2D eigenvalue weighted by Gasteiger charge is 2.24. The maximum absolute atomic E-state index is 10.6. The molecule has 3 nitrogen and oxygen atoms in total. The van der Waals surface area contributed by atoms with Crippen molar-refractivity contribution in [1.82, 2.24) is 0 Å². The van der Waals surface area contributed by atoms with Crippen LogP contribution in [0.15, 0.2) is 0 Å². The van der Waals surface area contributed by atoms with Gasteiger partial charge in [-0.25, -0.2) is 8.42 Å². The van der Waals surface area contributed by atoms with Crippen LogP contribution in [0.2, 0.25) is 0 Å². The van der Waals surface area contributed by atoms with Crippen LogP contribution >= 0.6 is 0 Å². The summed E-state index contributed by atoms with van der Waals surface area (Å²) in [6, 6.07) is -0.0972. The Morgan fingerprint density at radius 3 is 2.22 bits per heavy atom. The van der Waals surface area contributed by atoms with Crippen LogP contribution in [0.1, 0.15) is 7.85 Å². The SMILES string of the molecule is N[C@@H]1CCS(=O)(=O)C1.[Cl-].[H+]. The zero-order chi connectivity index (χ0) is 6.20. The predicted octanol–water partition coefficient (Wildman–Crippen LogP) is -3.75. The first-order valence-electron chi connectivity index (χ1n) is 2.56. The van der Waals surface area contributed by atoms with Crippen molar-refractivity contribution < 1.29 is 22.3 Å². The van der Waals surface area contributed by atoms with Crippen LogP contribution in [-0.2, 0) is 9.84 Å². The number of sulfone groups is 1. The summed E-state index contributed by atoms with van der Waals surface area (Å²) < 4.78 is 21.1. The van der Waals surface area contributed by atoms with Crippen molar-refractivity contribution in [1.29, 1.82) is 0 Å². The van der Waals surface area contributed by atoms with E-state index in [2.05, 4.69) is 0 Å². The van der Waals surface area contributed by atoms with E-state index in [-0.39, 0.29) is 31.4 Å². The van der Waals surface area contributed by atoms with Crippen LogP contribution in [-0.4, -0.2) is 26.0 Å². The van der Waals surface area contributed by atoms with Crippen molar-refractivity contribution in [2.75, 3.05) is 11.5 Å². The molecular weight excluding hydrogens is 162 g/mol. The average Bonchev–Trinajstić information content (AvgIpc) is 1.82. The lowest BCUT2D eigenvalue weighted by atomic mass is 10.3. The minimum atomic E-state index is -2.72. The molecule has 0 saturated carbocycles. The topological polar surface area (TPSA) is 60.2 Å². The normalized spacial score (nSPS) is 31.4. The molecule has 2 N–H and O–H groups in total. The van der Waals surface area contributed by atoms with E-state index >= 15 is 0 Å². The van der Waals surface area contributed by atoms with Crippen LogP contribution < -0.4 is 18.1 Å². The fourth-order valence-electron chi connectivity index (χ4n) is 0.824. The van der Waals surface area contributed by atoms with Gasteiger partial charge in [0.1, 0.15) is 0 Å². The summed E-state index contributed by atoms with van der Waals surface area (Å²) in [6.07, 6.45) is 0.641. The molecule has 0 unspecified atom stereocenters. The smallest absolute Gasteiger partial charge is 1.00 e. The Morgan fingerprint density at radius 2 is 2.11 bits per heavy atom. The first-order valence-corrected chi connectivity index (χ1v) is 4.38. The molecule has 0 amide bonds. The third-order valence-electron chi connectivity index (χ3n) is 1.27. The van der Waals surface area contributed by atoms with Gasteiger partial charge in [0, 0.05) is 6.04 Å². The van der Waals surface area contributed by atoms with E-state index < -0.39 is 9.84 Å². The second-order valence-electron chi connectivity index (χ2n) is 2.16. The van der Waals surface area contributed by atoms with Gasteiger partial charge < -0.3 is 18.1 Å². The van der Waals surface area contributed by atoms with E-state index in [1.165, 1.54) is 0 Å². The van der Waals surface area contributed by atoms with Crippen LogP contribution in [0.5, 0.6) is 0 Å². The first kappa shape index (κ1) is 9.20. The lowest BCUT2D eigenvalue weighted by Gasteiger charge is -1.91. The molecule has 0 aromatic heterocycles. The van der Waals surface area contributed by atoms with Crippen LogP contribution in [0.4, 0.5) is 0 Å². The first-order chi connectivity index (χ1) is 3.60. The molecule has 1 rings (SSSR count). The molecule has 1 fully saturated rings. The molecule has 0 spiro atoms. The van der Waals surface area contributed by atoms with Gasteiger partial charge in [0.05, 0.1) is 11.5 Å². The molecule has 1 saturated heterocycles. The van der Waals surface area contributed by atoms with Gasteiger partial charge in [-0.15, -0.1) is 0 Å². The summed E-state index contributed by atoms with van der Waals surface area (Å²) >= 11 is 0. The Bertz CT molecular complexity index is 182.